The standard InChI is InChI=1S/C19H27NO3/c21-16(13-19(23)9-5-2-6-10-19)20-14-18(11-12-18)17(22)15-7-3-1-4-8-15/h1,3-4,7-8,17,22-23H,2,5-6,9-14H2,(H,20,21)/t17-/m0/s1. The molecule has 1 amide bonds. The van der Waals surface area contributed by atoms with Gasteiger partial charge in [-0.15, -0.1) is 0 Å². The van der Waals surface area contributed by atoms with Crippen LogP contribution in [0.1, 0.15) is 63.0 Å². The maximum Gasteiger partial charge on any atom is 0.222 e. The lowest BCUT2D eigenvalue weighted by Gasteiger charge is -2.31. The normalized spacial score (nSPS) is 23.0. The zero-order chi connectivity index (χ0) is 16.3. The Labute approximate surface area is 137 Å². The zero-order valence-corrected chi connectivity index (χ0v) is 13.6. The minimum absolute atomic E-state index is 0.0964. The molecule has 0 saturated heterocycles. The molecule has 1 aromatic carbocycles. The van der Waals surface area contributed by atoms with Crippen LogP contribution in [0, 0.1) is 5.41 Å². The van der Waals surface area contributed by atoms with Gasteiger partial charge >= 0.3 is 0 Å². The Morgan fingerprint density at radius 2 is 1.74 bits per heavy atom. The van der Waals surface area contributed by atoms with Gasteiger partial charge in [0.2, 0.25) is 5.91 Å². The van der Waals surface area contributed by atoms with E-state index in [1.165, 1.54) is 0 Å². The summed E-state index contributed by atoms with van der Waals surface area (Å²) in [6, 6.07) is 9.63. The van der Waals surface area contributed by atoms with Crippen LogP contribution < -0.4 is 5.32 Å². The highest BCUT2D eigenvalue weighted by atomic mass is 16.3. The van der Waals surface area contributed by atoms with Gasteiger partial charge in [0.1, 0.15) is 0 Å². The van der Waals surface area contributed by atoms with Gasteiger partial charge in [-0.2, -0.15) is 0 Å². The van der Waals surface area contributed by atoms with Gasteiger partial charge in [-0.3, -0.25) is 4.79 Å². The molecular weight excluding hydrogens is 290 g/mol. The Morgan fingerprint density at radius 1 is 1.09 bits per heavy atom. The molecular formula is C19H27NO3. The molecule has 4 nitrogen and oxygen atoms in total. The van der Waals surface area contributed by atoms with Crippen molar-refractivity contribution in [1.82, 2.24) is 5.32 Å². The molecule has 3 rings (SSSR count). The molecule has 0 aromatic heterocycles. The maximum absolute atomic E-state index is 12.2. The Kier molecular flexibility index (Phi) is 4.74. The molecule has 3 N–H and O–H groups in total. The molecule has 0 bridgehead atoms. The summed E-state index contributed by atoms with van der Waals surface area (Å²) < 4.78 is 0. The number of carbonyl (C=O) groups is 1. The van der Waals surface area contributed by atoms with Crippen LogP contribution in [-0.2, 0) is 4.79 Å². The van der Waals surface area contributed by atoms with Gasteiger partial charge in [0.05, 0.1) is 18.1 Å². The Balaban J connectivity index is 1.52. The van der Waals surface area contributed by atoms with E-state index < -0.39 is 11.7 Å². The first-order valence-corrected chi connectivity index (χ1v) is 8.75. The SMILES string of the molecule is O=C(CC1(O)CCCCC1)NCC1([C@@H](O)c2ccccc2)CC1. The van der Waals surface area contributed by atoms with Gasteiger partial charge in [0.15, 0.2) is 0 Å². The highest BCUT2D eigenvalue weighted by Crippen LogP contribution is 2.54. The summed E-state index contributed by atoms with van der Waals surface area (Å²) in [5, 5.41) is 24.0. The van der Waals surface area contributed by atoms with Crippen LogP contribution in [0.4, 0.5) is 0 Å². The van der Waals surface area contributed by atoms with E-state index in [0.717, 1.165) is 50.5 Å². The summed E-state index contributed by atoms with van der Waals surface area (Å²) in [6.45, 7) is 0.484. The smallest absolute Gasteiger partial charge is 0.222 e. The Morgan fingerprint density at radius 3 is 2.35 bits per heavy atom. The predicted molar refractivity (Wildman–Crippen MR) is 88.7 cm³/mol. The van der Waals surface area contributed by atoms with Crippen molar-refractivity contribution in [1.29, 1.82) is 0 Å². The monoisotopic (exact) mass is 317 g/mol. The van der Waals surface area contributed by atoms with Crippen molar-refractivity contribution in [2.45, 2.75) is 63.1 Å². The number of hydrogen-bond donors (Lipinski definition) is 3. The lowest BCUT2D eigenvalue weighted by Crippen LogP contribution is -2.40. The molecule has 0 spiro atoms. The van der Waals surface area contributed by atoms with Crippen molar-refractivity contribution >= 4 is 5.91 Å². The molecule has 0 heterocycles. The van der Waals surface area contributed by atoms with Gasteiger partial charge in [0, 0.05) is 12.0 Å². The van der Waals surface area contributed by atoms with Crippen molar-refractivity contribution in [2.75, 3.05) is 6.54 Å². The Hall–Kier alpha value is -1.39. The molecule has 2 aliphatic rings. The summed E-state index contributed by atoms with van der Waals surface area (Å²) >= 11 is 0. The quantitative estimate of drug-likeness (QED) is 0.755. The second-order valence-electron chi connectivity index (χ2n) is 7.41. The number of amides is 1. The van der Waals surface area contributed by atoms with Crippen LogP contribution in [-0.4, -0.2) is 28.3 Å². The largest absolute Gasteiger partial charge is 0.389 e. The van der Waals surface area contributed by atoms with E-state index in [1.807, 2.05) is 30.3 Å². The summed E-state index contributed by atoms with van der Waals surface area (Å²) in [5.41, 5.74) is -0.145. The zero-order valence-electron chi connectivity index (χ0n) is 13.6. The molecule has 1 aromatic rings. The third kappa shape index (κ3) is 3.93. The predicted octanol–water partition coefficient (Wildman–Crippen LogP) is 2.70. The van der Waals surface area contributed by atoms with Crippen molar-refractivity contribution in [2.24, 2.45) is 5.41 Å². The van der Waals surface area contributed by atoms with Gasteiger partial charge in [-0.1, -0.05) is 49.6 Å². The topological polar surface area (TPSA) is 69.6 Å². The van der Waals surface area contributed by atoms with Crippen LogP contribution in [0.25, 0.3) is 0 Å². The first kappa shape index (κ1) is 16.5. The van der Waals surface area contributed by atoms with E-state index in [9.17, 15) is 15.0 Å². The summed E-state index contributed by atoms with van der Waals surface area (Å²) in [7, 11) is 0. The number of nitrogens with one attached hydrogen (secondary N) is 1. The molecule has 126 valence electrons. The molecule has 1 atom stereocenters. The lowest BCUT2D eigenvalue weighted by molar-refractivity contribution is -0.127. The number of hydrogen-bond acceptors (Lipinski definition) is 3. The van der Waals surface area contributed by atoms with Crippen LogP contribution in [0.2, 0.25) is 0 Å². The van der Waals surface area contributed by atoms with Crippen molar-refractivity contribution in [3.05, 3.63) is 35.9 Å². The minimum Gasteiger partial charge on any atom is -0.389 e. The fourth-order valence-electron chi connectivity index (χ4n) is 3.72. The number of aliphatic hydroxyl groups is 2. The number of benzene rings is 1. The van der Waals surface area contributed by atoms with Crippen LogP contribution in [0.15, 0.2) is 30.3 Å². The van der Waals surface area contributed by atoms with Crippen molar-refractivity contribution in [3.63, 3.8) is 0 Å². The molecule has 0 radical (unpaired) electrons. The highest BCUT2D eigenvalue weighted by Gasteiger charge is 2.49. The van der Waals surface area contributed by atoms with Gasteiger partial charge in [-0.05, 0) is 31.2 Å². The van der Waals surface area contributed by atoms with Crippen LogP contribution in [0.3, 0.4) is 0 Å². The summed E-state index contributed by atoms with van der Waals surface area (Å²) in [6.07, 6.45) is 6.08. The van der Waals surface area contributed by atoms with Gasteiger partial charge < -0.3 is 15.5 Å². The molecule has 2 fully saturated rings. The number of carbonyl (C=O) groups excluding carboxylic acids is 1. The van der Waals surface area contributed by atoms with Gasteiger partial charge in [0.25, 0.3) is 0 Å². The number of aliphatic hydroxyl groups excluding tert-OH is 1. The molecule has 2 saturated carbocycles. The molecule has 0 unspecified atom stereocenters. The third-order valence-electron chi connectivity index (χ3n) is 5.50. The van der Waals surface area contributed by atoms with Crippen molar-refractivity contribution in [3.8, 4) is 0 Å². The first-order chi connectivity index (χ1) is 11.0. The van der Waals surface area contributed by atoms with Crippen LogP contribution >= 0.6 is 0 Å². The molecule has 0 aliphatic heterocycles. The summed E-state index contributed by atoms with van der Waals surface area (Å²) in [5.74, 6) is -0.0964. The molecule has 23 heavy (non-hydrogen) atoms. The van der Waals surface area contributed by atoms with E-state index in [-0.39, 0.29) is 17.7 Å². The third-order valence-corrected chi connectivity index (χ3v) is 5.50. The first-order valence-electron chi connectivity index (χ1n) is 8.75. The lowest BCUT2D eigenvalue weighted by atomic mass is 9.82. The van der Waals surface area contributed by atoms with E-state index in [4.69, 9.17) is 0 Å². The van der Waals surface area contributed by atoms with E-state index >= 15 is 0 Å². The number of rotatable bonds is 6. The van der Waals surface area contributed by atoms with E-state index in [1.54, 1.807) is 0 Å². The average molecular weight is 317 g/mol. The molecule has 4 heteroatoms. The maximum atomic E-state index is 12.2. The summed E-state index contributed by atoms with van der Waals surface area (Å²) in [4.78, 5) is 12.2. The average Bonchev–Trinajstić information content (AvgIpc) is 3.35. The van der Waals surface area contributed by atoms with E-state index in [0.29, 0.717) is 6.54 Å². The fourth-order valence-corrected chi connectivity index (χ4v) is 3.72. The molecule has 2 aliphatic carbocycles. The van der Waals surface area contributed by atoms with E-state index in [2.05, 4.69) is 5.32 Å². The van der Waals surface area contributed by atoms with Crippen LogP contribution in [0.5, 0.6) is 0 Å². The minimum atomic E-state index is -0.822. The second-order valence-corrected chi connectivity index (χ2v) is 7.41. The van der Waals surface area contributed by atoms with Crippen molar-refractivity contribution < 1.29 is 15.0 Å². The van der Waals surface area contributed by atoms with Gasteiger partial charge in [-0.25, -0.2) is 0 Å². The second kappa shape index (κ2) is 6.62. The highest BCUT2D eigenvalue weighted by molar-refractivity contribution is 5.77. The fraction of sp³-hybridized carbons (Fsp3) is 0.632. The Bertz CT molecular complexity index is 533.